The predicted octanol–water partition coefficient (Wildman–Crippen LogP) is 4.18. The lowest BCUT2D eigenvalue weighted by Crippen LogP contribution is -2.13. The molecular formula is C16H19N3O2. The second-order valence-electron chi connectivity index (χ2n) is 4.75. The highest BCUT2D eigenvalue weighted by molar-refractivity contribution is 5.80. The topological polar surface area (TPSA) is 58.4 Å². The van der Waals surface area contributed by atoms with E-state index in [4.69, 9.17) is 0 Å². The first-order valence-corrected chi connectivity index (χ1v) is 6.95. The third-order valence-corrected chi connectivity index (χ3v) is 3.27. The van der Waals surface area contributed by atoms with Crippen molar-refractivity contribution in [3.05, 3.63) is 58.6 Å². The van der Waals surface area contributed by atoms with Crippen LogP contribution in [0.15, 0.2) is 48.5 Å². The number of nitro benzene ring substituents is 1. The third-order valence-electron chi connectivity index (χ3n) is 3.27. The summed E-state index contributed by atoms with van der Waals surface area (Å²) >= 11 is 0. The Morgan fingerprint density at radius 2 is 1.86 bits per heavy atom. The van der Waals surface area contributed by atoms with Gasteiger partial charge in [-0.2, -0.15) is 0 Å². The zero-order chi connectivity index (χ0) is 15.2. The Hall–Kier alpha value is -2.56. The van der Waals surface area contributed by atoms with E-state index in [0.29, 0.717) is 17.9 Å². The van der Waals surface area contributed by atoms with Crippen LogP contribution in [0.3, 0.4) is 0 Å². The molecule has 0 saturated heterocycles. The summed E-state index contributed by atoms with van der Waals surface area (Å²) in [6.07, 6.45) is 0.913. The van der Waals surface area contributed by atoms with Gasteiger partial charge < -0.3 is 10.2 Å². The van der Waals surface area contributed by atoms with Crippen molar-refractivity contribution in [1.82, 2.24) is 0 Å². The fraction of sp³-hybridized carbons (Fsp3) is 0.250. The molecule has 0 saturated carbocycles. The maximum absolute atomic E-state index is 11.5. The lowest BCUT2D eigenvalue weighted by atomic mass is 10.2. The average molecular weight is 285 g/mol. The standard InChI is InChI=1S/C16H19N3O2/c1-3-12-17-14-10-7-11-15(16(14)19(20)21)18(2)13-8-5-4-6-9-13/h4-11,17H,3,12H2,1-2H3. The molecule has 110 valence electrons. The van der Waals surface area contributed by atoms with Gasteiger partial charge in [-0.15, -0.1) is 0 Å². The molecule has 0 unspecified atom stereocenters. The fourth-order valence-electron chi connectivity index (χ4n) is 2.19. The quantitative estimate of drug-likeness (QED) is 0.639. The third kappa shape index (κ3) is 3.31. The van der Waals surface area contributed by atoms with E-state index in [9.17, 15) is 10.1 Å². The number of benzene rings is 2. The molecule has 21 heavy (non-hydrogen) atoms. The number of nitro groups is 1. The minimum Gasteiger partial charge on any atom is -0.379 e. The van der Waals surface area contributed by atoms with Gasteiger partial charge in [0.2, 0.25) is 0 Å². The van der Waals surface area contributed by atoms with Crippen molar-refractivity contribution in [1.29, 1.82) is 0 Å². The van der Waals surface area contributed by atoms with Crippen LogP contribution in [0.4, 0.5) is 22.7 Å². The number of anilines is 3. The van der Waals surface area contributed by atoms with Gasteiger partial charge in [-0.05, 0) is 30.7 Å². The van der Waals surface area contributed by atoms with Gasteiger partial charge in [0, 0.05) is 19.3 Å². The van der Waals surface area contributed by atoms with Gasteiger partial charge in [0.25, 0.3) is 0 Å². The molecule has 1 N–H and O–H groups in total. The molecular weight excluding hydrogens is 266 g/mol. The van der Waals surface area contributed by atoms with Crippen LogP contribution in [-0.2, 0) is 0 Å². The maximum atomic E-state index is 11.5. The van der Waals surface area contributed by atoms with Gasteiger partial charge in [-0.3, -0.25) is 10.1 Å². The molecule has 2 rings (SSSR count). The minimum absolute atomic E-state index is 0.109. The van der Waals surface area contributed by atoms with Crippen LogP contribution in [0, 0.1) is 10.1 Å². The van der Waals surface area contributed by atoms with Gasteiger partial charge >= 0.3 is 5.69 Å². The molecule has 5 heteroatoms. The normalized spacial score (nSPS) is 10.2. The molecule has 0 radical (unpaired) electrons. The van der Waals surface area contributed by atoms with E-state index >= 15 is 0 Å². The Labute approximate surface area is 124 Å². The number of nitrogens with zero attached hydrogens (tertiary/aromatic N) is 2. The number of hydrogen-bond donors (Lipinski definition) is 1. The summed E-state index contributed by atoms with van der Waals surface area (Å²) in [7, 11) is 1.83. The first kappa shape index (κ1) is 14.8. The smallest absolute Gasteiger partial charge is 0.315 e. The summed E-state index contributed by atoms with van der Waals surface area (Å²) in [6, 6.07) is 14.9. The highest BCUT2D eigenvalue weighted by Gasteiger charge is 2.22. The van der Waals surface area contributed by atoms with Gasteiger partial charge in [0.15, 0.2) is 0 Å². The Balaban J connectivity index is 2.45. The molecule has 0 fully saturated rings. The first-order valence-electron chi connectivity index (χ1n) is 6.95. The van der Waals surface area contributed by atoms with E-state index in [1.807, 2.05) is 55.3 Å². The van der Waals surface area contributed by atoms with E-state index in [0.717, 1.165) is 12.1 Å². The highest BCUT2D eigenvalue weighted by Crippen LogP contribution is 2.37. The molecule has 0 aliphatic rings. The number of nitrogens with one attached hydrogen (secondary N) is 1. The number of rotatable bonds is 6. The maximum Gasteiger partial charge on any atom is 0.315 e. The molecule has 5 nitrogen and oxygen atoms in total. The molecule has 0 aromatic heterocycles. The summed E-state index contributed by atoms with van der Waals surface area (Å²) < 4.78 is 0. The average Bonchev–Trinajstić information content (AvgIpc) is 2.52. The summed E-state index contributed by atoms with van der Waals surface area (Å²) in [5, 5.41) is 14.6. The summed E-state index contributed by atoms with van der Waals surface area (Å²) in [5.74, 6) is 0. The molecule has 0 atom stereocenters. The van der Waals surface area contributed by atoms with Crippen molar-refractivity contribution in [3.8, 4) is 0 Å². The van der Waals surface area contributed by atoms with Crippen LogP contribution < -0.4 is 10.2 Å². The van der Waals surface area contributed by atoms with Crippen LogP contribution >= 0.6 is 0 Å². The fourth-order valence-corrected chi connectivity index (χ4v) is 2.19. The molecule has 0 bridgehead atoms. The van der Waals surface area contributed by atoms with Gasteiger partial charge in [-0.25, -0.2) is 0 Å². The largest absolute Gasteiger partial charge is 0.379 e. The molecule has 2 aromatic carbocycles. The number of hydrogen-bond acceptors (Lipinski definition) is 4. The summed E-state index contributed by atoms with van der Waals surface area (Å²) in [5.41, 5.74) is 2.15. The van der Waals surface area contributed by atoms with Crippen LogP contribution in [0.25, 0.3) is 0 Å². The van der Waals surface area contributed by atoms with Crippen molar-refractivity contribution < 1.29 is 4.92 Å². The number of para-hydroxylation sites is 2. The highest BCUT2D eigenvalue weighted by atomic mass is 16.6. The van der Waals surface area contributed by atoms with Crippen LogP contribution in [0.1, 0.15) is 13.3 Å². The second kappa shape index (κ2) is 6.74. The van der Waals surface area contributed by atoms with Gasteiger partial charge in [0.05, 0.1) is 4.92 Å². The van der Waals surface area contributed by atoms with Crippen molar-refractivity contribution in [2.24, 2.45) is 0 Å². The van der Waals surface area contributed by atoms with Crippen LogP contribution in [0.5, 0.6) is 0 Å². The Bertz CT molecular complexity index is 614. The van der Waals surface area contributed by atoms with Gasteiger partial charge in [0.1, 0.15) is 11.4 Å². The summed E-state index contributed by atoms with van der Waals surface area (Å²) in [6.45, 7) is 2.73. The second-order valence-corrected chi connectivity index (χ2v) is 4.75. The van der Waals surface area contributed by atoms with Crippen molar-refractivity contribution >= 4 is 22.7 Å². The molecule has 0 amide bonds. The SMILES string of the molecule is CCCNc1cccc(N(C)c2ccccc2)c1[N+](=O)[O-]. The minimum atomic E-state index is -0.327. The van der Waals surface area contributed by atoms with E-state index in [1.165, 1.54) is 0 Å². The van der Waals surface area contributed by atoms with Crippen LogP contribution in [-0.4, -0.2) is 18.5 Å². The van der Waals surface area contributed by atoms with Crippen molar-refractivity contribution in [2.45, 2.75) is 13.3 Å². The molecule has 0 aliphatic heterocycles. The molecule has 2 aromatic rings. The van der Waals surface area contributed by atoms with E-state index in [1.54, 1.807) is 12.1 Å². The monoisotopic (exact) mass is 285 g/mol. The lowest BCUT2D eigenvalue weighted by molar-refractivity contribution is -0.383. The summed E-state index contributed by atoms with van der Waals surface area (Å²) in [4.78, 5) is 13.0. The Morgan fingerprint density at radius 1 is 1.14 bits per heavy atom. The Morgan fingerprint density at radius 3 is 2.48 bits per heavy atom. The molecule has 0 spiro atoms. The molecule has 0 aliphatic carbocycles. The van der Waals surface area contributed by atoms with E-state index in [-0.39, 0.29) is 10.6 Å². The van der Waals surface area contributed by atoms with E-state index in [2.05, 4.69) is 5.32 Å². The van der Waals surface area contributed by atoms with Crippen molar-refractivity contribution in [2.75, 3.05) is 23.8 Å². The molecule has 0 heterocycles. The zero-order valence-corrected chi connectivity index (χ0v) is 12.2. The first-order chi connectivity index (χ1) is 10.1. The van der Waals surface area contributed by atoms with Gasteiger partial charge in [-0.1, -0.05) is 31.2 Å². The Kier molecular flexibility index (Phi) is 4.77. The predicted molar refractivity (Wildman–Crippen MR) is 86.4 cm³/mol. The van der Waals surface area contributed by atoms with Crippen molar-refractivity contribution in [3.63, 3.8) is 0 Å². The lowest BCUT2D eigenvalue weighted by Gasteiger charge is -2.20. The van der Waals surface area contributed by atoms with Crippen LogP contribution in [0.2, 0.25) is 0 Å². The van der Waals surface area contributed by atoms with E-state index < -0.39 is 0 Å². The zero-order valence-electron chi connectivity index (χ0n) is 12.2.